The molecule has 5 heteroatoms. The molecule has 1 unspecified atom stereocenters. The van der Waals surface area contributed by atoms with Crippen molar-refractivity contribution >= 4 is 11.8 Å². The summed E-state index contributed by atoms with van der Waals surface area (Å²) in [4.78, 5) is 28.6. The molecule has 0 heterocycles. The van der Waals surface area contributed by atoms with Crippen molar-refractivity contribution in [3.05, 3.63) is 0 Å². The van der Waals surface area contributed by atoms with Crippen LogP contribution in [-0.4, -0.2) is 60.0 Å². The van der Waals surface area contributed by atoms with Crippen LogP contribution in [0.2, 0.25) is 0 Å². The first-order valence-corrected chi connectivity index (χ1v) is 11.0. The van der Waals surface area contributed by atoms with Crippen LogP contribution in [0, 0.1) is 5.92 Å². The first-order valence-electron chi connectivity index (χ1n) is 11.0. The molecule has 166 valence electrons. The number of carbonyl (C=O) groups is 2. The third kappa shape index (κ3) is 9.90. The minimum atomic E-state index is -0.463. The molecule has 0 saturated heterocycles. The van der Waals surface area contributed by atoms with Crippen molar-refractivity contribution < 1.29 is 14.3 Å². The van der Waals surface area contributed by atoms with Crippen LogP contribution in [0.15, 0.2) is 0 Å². The van der Waals surface area contributed by atoms with Gasteiger partial charge in [0.05, 0.1) is 12.0 Å². The standard InChI is InChI=1S/C23H46N2O3/c1-10-16-24(8)21(27)18-23(7,11-2)28-17-15-22(5,6)25(9)20(26)14-12-13-19(3)4/h19H,10-18H2,1-9H3. The van der Waals surface area contributed by atoms with Crippen LogP contribution in [0.1, 0.15) is 93.4 Å². The molecule has 5 nitrogen and oxygen atoms in total. The summed E-state index contributed by atoms with van der Waals surface area (Å²) in [6, 6.07) is 0. The third-order valence-electron chi connectivity index (χ3n) is 5.88. The number of nitrogens with zero attached hydrogens (tertiary/aromatic N) is 2. The monoisotopic (exact) mass is 398 g/mol. The van der Waals surface area contributed by atoms with E-state index >= 15 is 0 Å². The zero-order chi connectivity index (χ0) is 22.0. The largest absolute Gasteiger partial charge is 0.375 e. The van der Waals surface area contributed by atoms with Gasteiger partial charge in [0.1, 0.15) is 0 Å². The fourth-order valence-electron chi connectivity index (χ4n) is 3.07. The zero-order valence-electron chi connectivity index (χ0n) is 20.1. The highest BCUT2D eigenvalue weighted by Crippen LogP contribution is 2.25. The summed E-state index contributed by atoms with van der Waals surface area (Å²) in [6.07, 6.45) is 5.50. The first-order chi connectivity index (χ1) is 12.9. The lowest BCUT2D eigenvalue weighted by molar-refractivity contribution is -0.139. The molecule has 2 amide bonds. The maximum Gasteiger partial charge on any atom is 0.225 e. The zero-order valence-corrected chi connectivity index (χ0v) is 20.1. The number of carbonyl (C=O) groups excluding carboxylic acids is 2. The van der Waals surface area contributed by atoms with Crippen LogP contribution in [-0.2, 0) is 14.3 Å². The van der Waals surface area contributed by atoms with Gasteiger partial charge in [-0.3, -0.25) is 9.59 Å². The van der Waals surface area contributed by atoms with Crippen molar-refractivity contribution in [2.24, 2.45) is 5.92 Å². The molecule has 0 fully saturated rings. The quantitative estimate of drug-likeness (QED) is 0.419. The lowest BCUT2D eigenvalue weighted by Crippen LogP contribution is -2.46. The summed E-state index contributed by atoms with van der Waals surface area (Å²) in [7, 11) is 3.74. The first kappa shape index (κ1) is 26.9. The molecule has 0 aliphatic rings. The van der Waals surface area contributed by atoms with Crippen LogP contribution in [0.5, 0.6) is 0 Å². The van der Waals surface area contributed by atoms with E-state index in [-0.39, 0.29) is 17.4 Å². The fourth-order valence-corrected chi connectivity index (χ4v) is 3.07. The maximum absolute atomic E-state index is 12.5. The second kappa shape index (κ2) is 12.5. The SMILES string of the molecule is CCCN(C)C(=O)CC(C)(CC)OCCC(C)(C)N(C)C(=O)CCCC(C)C. The summed E-state index contributed by atoms with van der Waals surface area (Å²) >= 11 is 0. The average molecular weight is 399 g/mol. The van der Waals surface area contributed by atoms with E-state index in [4.69, 9.17) is 4.74 Å². The van der Waals surface area contributed by atoms with Gasteiger partial charge >= 0.3 is 0 Å². The Labute approximate surface area is 174 Å². The van der Waals surface area contributed by atoms with Crippen LogP contribution in [0.3, 0.4) is 0 Å². The van der Waals surface area contributed by atoms with Gasteiger partial charge in [-0.1, -0.05) is 34.1 Å². The predicted molar refractivity (Wildman–Crippen MR) is 117 cm³/mol. The van der Waals surface area contributed by atoms with Crippen molar-refractivity contribution in [2.75, 3.05) is 27.2 Å². The van der Waals surface area contributed by atoms with Gasteiger partial charge in [0, 0.05) is 39.2 Å². The molecule has 0 aliphatic heterocycles. The van der Waals surface area contributed by atoms with E-state index in [9.17, 15) is 9.59 Å². The van der Waals surface area contributed by atoms with E-state index in [2.05, 4.69) is 41.5 Å². The highest BCUT2D eigenvalue weighted by Gasteiger charge is 2.31. The Hall–Kier alpha value is -1.10. The second-order valence-electron chi connectivity index (χ2n) is 9.45. The fraction of sp³-hybridized carbons (Fsp3) is 0.913. The van der Waals surface area contributed by atoms with Crippen LogP contribution in [0.25, 0.3) is 0 Å². The van der Waals surface area contributed by atoms with Gasteiger partial charge in [-0.2, -0.15) is 0 Å². The van der Waals surface area contributed by atoms with E-state index in [0.29, 0.717) is 25.4 Å². The lowest BCUT2D eigenvalue weighted by Gasteiger charge is -2.37. The molecule has 0 aliphatic carbocycles. The summed E-state index contributed by atoms with van der Waals surface area (Å²) in [5.74, 6) is 0.952. The number of amides is 2. The summed E-state index contributed by atoms with van der Waals surface area (Å²) in [5.41, 5.74) is -0.735. The second-order valence-corrected chi connectivity index (χ2v) is 9.45. The Morgan fingerprint density at radius 3 is 2.14 bits per heavy atom. The molecule has 0 bridgehead atoms. The lowest BCUT2D eigenvalue weighted by atomic mass is 9.96. The summed E-state index contributed by atoms with van der Waals surface area (Å²) in [5, 5.41) is 0. The van der Waals surface area contributed by atoms with Gasteiger partial charge in [-0.15, -0.1) is 0 Å². The maximum atomic E-state index is 12.5. The molecule has 0 N–H and O–H groups in total. The average Bonchev–Trinajstić information content (AvgIpc) is 2.60. The predicted octanol–water partition coefficient (Wildman–Crippen LogP) is 4.88. The Kier molecular flexibility index (Phi) is 12.0. The minimum absolute atomic E-state index is 0.128. The van der Waals surface area contributed by atoms with Gasteiger partial charge in [-0.05, 0) is 52.4 Å². The molecule has 0 aromatic rings. The Bertz CT molecular complexity index is 476. The molecule has 1 atom stereocenters. The number of hydrogen-bond acceptors (Lipinski definition) is 3. The van der Waals surface area contributed by atoms with Crippen molar-refractivity contribution in [3.63, 3.8) is 0 Å². The van der Waals surface area contributed by atoms with Gasteiger partial charge < -0.3 is 14.5 Å². The summed E-state index contributed by atoms with van der Waals surface area (Å²) in [6.45, 7) is 16.0. The van der Waals surface area contributed by atoms with Crippen molar-refractivity contribution in [1.29, 1.82) is 0 Å². The smallest absolute Gasteiger partial charge is 0.225 e. The number of ether oxygens (including phenoxy) is 1. The molecule has 0 spiro atoms. The molecule has 0 rings (SSSR count). The summed E-state index contributed by atoms with van der Waals surface area (Å²) < 4.78 is 6.17. The van der Waals surface area contributed by atoms with E-state index in [1.807, 2.05) is 25.9 Å². The van der Waals surface area contributed by atoms with E-state index < -0.39 is 5.60 Å². The number of hydrogen-bond donors (Lipinski definition) is 0. The van der Waals surface area contributed by atoms with Gasteiger partial charge in [0.25, 0.3) is 0 Å². The Morgan fingerprint density at radius 1 is 1.04 bits per heavy atom. The normalized spacial score (nSPS) is 14.1. The van der Waals surface area contributed by atoms with Gasteiger partial charge in [0.2, 0.25) is 11.8 Å². The molecular weight excluding hydrogens is 352 g/mol. The topological polar surface area (TPSA) is 49.9 Å². The minimum Gasteiger partial charge on any atom is -0.375 e. The highest BCUT2D eigenvalue weighted by molar-refractivity contribution is 5.77. The Balaban J connectivity index is 4.61. The van der Waals surface area contributed by atoms with E-state index in [1.165, 1.54) is 0 Å². The number of rotatable bonds is 14. The highest BCUT2D eigenvalue weighted by atomic mass is 16.5. The van der Waals surface area contributed by atoms with Crippen molar-refractivity contribution in [1.82, 2.24) is 9.80 Å². The molecule has 0 radical (unpaired) electrons. The van der Waals surface area contributed by atoms with Gasteiger partial charge in [-0.25, -0.2) is 0 Å². The van der Waals surface area contributed by atoms with Crippen molar-refractivity contribution in [3.8, 4) is 0 Å². The molecule has 0 aromatic heterocycles. The van der Waals surface area contributed by atoms with E-state index in [1.54, 1.807) is 4.90 Å². The van der Waals surface area contributed by atoms with Crippen LogP contribution >= 0.6 is 0 Å². The molecule has 28 heavy (non-hydrogen) atoms. The van der Waals surface area contributed by atoms with E-state index in [0.717, 1.165) is 38.6 Å². The Morgan fingerprint density at radius 2 is 1.64 bits per heavy atom. The van der Waals surface area contributed by atoms with Gasteiger partial charge in [0.15, 0.2) is 0 Å². The molecule has 0 aromatic carbocycles. The molecular formula is C23H46N2O3. The van der Waals surface area contributed by atoms with Crippen LogP contribution < -0.4 is 0 Å². The third-order valence-corrected chi connectivity index (χ3v) is 5.88. The van der Waals surface area contributed by atoms with Crippen molar-refractivity contribution in [2.45, 2.75) is 105 Å². The van der Waals surface area contributed by atoms with Crippen LogP contribution in [0.4, 0.5) is 0 Å². The molecule has 0 saturated carbocycles.